The molecule has 0 saturated carbocycles. The van der Waals surface area contributed by atoms with Crippen molar-refractivity contribution in [3.05, 3.63) is 57.3 Å². The molecule has 1 heterocycles. The molecule has 24 heavy (non-hydrogen) atoms. The van der Waals surface area contributed by atoms with Gasteiger partial charge in [-0.05, 0) is 40.9 Å². The Labute approximate surface area is 154 Å². The quantitative estimate of drug-likeness (QED) is 0.648. The van der Waals surface area contributed by atoms with Crippen LogP contribution < -0.4 is 0 Å². The molecule has 0 bridgehead atoms. The lowest BCUT2D eigenvalue weighted by Crippen LogP contribution is -2.39. The van der Waals surface area contributed by atoms with Crippen LogP contribution in [0.4, 0.5) is 0 Å². The average Bonchev–Trinajstić information content (AvgIpc) is 2.61. The molecular weight excluding hydrogens is 342 g/mol. The van der Waals surface area contributed by atoms with Crippen molar-refractivity contribution in [1.29, 1.82) is 0 Å². The van der Waals surface area contributed by atoms with Crippen LogP contribution in [0.5, 0.6) is 0 Å². The Balaban J connectivity index is 0.00000139. The number of hydrogen-bond acceptors (Lipinski definition) is 4. The maximum atomic E-state index is 12.3. The smallest absolute Gasteiger partial charge is 0.327 e. The number of carbonyl (C=O) groups excluding carboxylic acids is 1. The Hall–Kier alpha value is -1.23. The number of carbonyl (C=O) groups is 1. The second kappa shape index (κ2) is 10.6. The van der Waals surface area contributed by atoms with Crippen molar-refractivity contribution in [2.24, 2.45) is 0 Å². The Morgan fingerprint density at radius 1 is 1.42 bits per heavy atom. The van der Waals surface area contributed by atoms with Crippen molar-refractivity contribution < 1.29 is 9.53 Å². The molecule has 1 aliphatic rings. The standard InChI is InChI=1S/C17H20ClNO2S.C2H6/c1-4-22-15-9-10-19(11-12(15)2)16(17(20)21-3)13-7-5-6-8-14(13)18;1-2/h4-8,16H,1,9-11H2,2-3H3;1-2H3/t16-;/m0./s1. The maximum absolute atomic E-state index is 12.3. The van der Waals surface area contributed by atoms with Gasteiger partial charge in [-0.15, -0.1) is 11.8 Å². The Morgan fingerprint density at radius 2 is 2.08 bits per heavy atom. The van der Waals surface area contributed by atoms with Crippen LogP contribution in [0.15, 0.2) is 46.7 Å². The van der Waals surface area contributed by atoms with E-state index in [4.69, 9.17) is 16.3 Å². The number of esters is 1. The minimum absolute atomic E-state index is 0.277. The number of thioether (sulfide) groups is 1. The van der Waals surface area contributed by atoms with E-state index in [0.717, 1.165) is 25.1 Å². The summed E-state index contributed by atoms with van der Waals surface area (Å²) in [6.07, 6.45) is 0.903. The van der Waals surface area contributed by atoms with Gasteiger partial charge in [0.2, 0.25) is 0 Å². The lowest BCUT2D eigenvalue weighted by molar-refractivity contribution is -0.147. The molecule has 0 unspecified atom stereocenters. The lowest BCUT2D eigenvalue weighted by Gasteiger charge is -2.34. The van der Waals surface area contributed by atoms with Gasteiger partial charge < -0.3 is 4.74 Å². The van der Waals surface area contributed by atoms with Crippen LogP contribution in [-0.4, -0.2) is 31.1 Å². The van der Waals surface area contributed by atoms with Crippen molar-refractivity contribution in [3.63, 3.8) is 0 Å². The van der Waals surface area contributed by atoms with Crippen LogP contribution in [0.3, 0.4) is 0 Å². The van der Waals surface area contributed by atoms with Crippen LogP contribution in [0.1, 0.15) is 38.8 Å². The van der Waals surface area contributed by atoms with E-state index in [-0.39, 0.29) is 5.97 Å². The first-order valence-corrected chi connectivity index (χ1v) is 9.36. The number of hydrogen-bond donors (Lipinski definition) is 0. The second-order valence-corrected chi connectivity index (χ2v) is 6.62. The summed E-state index contributed by atoms with van der Waals surface area (Å²) in [5, 5.41) is 2.44. The van der Waals surface area contributed by atoms with E-state index in [1.165, 1.54) is 17.6 Å². The zero-order valence-electron chi connectivity index (χ0n) is 14.8. The molecule has 0 amide bonds. The highest BCUT2D eigenvalue weighted by molar-refractivity contribution is 8.05. The third-order valence-electron chi connectivity index (χ3n) is 3.76. The number of benzene rings is 1. The molecule has 0 spiro atoms. The molecule has 0 aromatic heterocycles. The SMILES string of the molecule is C=CSC1=C(C)CN([C@H](C(=O)OC)c2ccccc2Cl)CC1.CC. The minimum Gasteiger partial charge on any atom is -0.468 e. The molecule has 1 aromatic rings. The van der Waals surface area contributed by atoms with Crippen molar-refractivity contribution in [3.8, 4) is 0 Å². The van der Waals surface area contributed by atoms with Crippen molar-refractivity contribution in [1.82, 2.24) is 4.90 Å². The summed E-state index contributed by atoms with van der Waals surface area (Å²) < 4.78 is 5.01. The molecule has 0 radical (unpaired) electrons. The largest absolute Gasteiger partial charge is 0.468 e. The van der Waals surface area contributed by atoms with Crippen molar-refractivity contribution >= 4 is 29.3 Å². The first-order valence-electron chi connectivity index (χ1n) is 8.11. The highest BCUT2D eigenvalue weighted by Crippen LogP contribution is 2.35. The summed E-state index contributed by atoms with van der Waals surface area (Å²) in [5.74, 6) is -0.277. The van der Waals surface area contributed by atoms with Crippen molar-refractivity contribution in [2.45, 2.75) is 33.2 Å². The molecule has 0 saturated heterocycles. The fraction of sp³-hybridized carbons (Fsp3) is 0.421. The molecule has 132 valence electrons. The third-order valence-corrected chi connectivity index (χ3v) is 5.11. The fourth-order valence-electron chi connectivity index (χ4n) is 2.69. The van der Waals surface area contributed by atoms with Gasteiger partial charge in [-0.2, -0.15) is 0 Å². The van der Waals surface area contributed by atoms with Gasteiger partial charge in [-0.3, -0.25) is 4.90 Å². The van der Waals surface area contributed by atoms with E-state index in [1.54, 1.807) is 17.8 Å². The summed E-state index contributed by atoms with van der Waals surface area (Å²) >= 11 is 7.95. The number of methoxy groups -OCH3 is 1. The fourth-order valence-corrected chi connectivity index (χ4v) is 3.61. The normalized spacial score (nSPS) is 16.0. The van der Waals surface area contributed by atoms with Gasteiger partial charge in [0.25, 0.3) is 0 Å². The summed E-state index contributed by atoms with van der Waals surface area (Å²) in [7, 11) is 1.41. The number of nitrogens with zero attached hydrogens (tertiary/aromatic N) is 1. The Morgan fingerprint density at radius 3 is 2.62 bits per heavy atom. The van der Waals surface area contributed by atoms with E-state index < -0.39 is 6.04 Å². The van der Waals surface area contributed by atoms with Gasteiger partial charge in [0.05, 0.1) is 7.11 Å². The highest BCUT2D eigenvalue weighted by Gasteiger charge is 2.32. The van der Waals surface area contributed by atoms with Gasteiger partial charge in [-0.25, -0.2) is 4.79 Å². The average molecular weight is 368 g/mol. The third kappa shape index (κ3) is 5.13. The monoisotopic (exact) mass is 367 g/mol. The van der Waals surface area contributed by atoms with E-state index in [1.807, 2.05) is 37.5 Å². The summed E-state index contributed by atoms with van der Waals surface area (Å²) in [5.41, 5.74) is 2.06. The lowest BCUT2D eigenvalue weighted by atomic mass is 10.0. The van der Waals surface area contributed by atoms with Crippen LogP contribution in [0.25, 0.3) is 0 Å². The van der Waals surface area contributed by atoms with Gasteiger partial charge in [0.1, 0.15) is 6.04 Å². The molecule has 1 aliphatic heterocycles. The van der Waals surface area contributed by atoms with Crippen LogP contribution in [0.2, 0.25) is 5.02 Å². The molecular formula is C19H26ClNO2S. The Bertz CT molecular complexity index is 601. The van der Waals surface area contributed by atoms with Gasteiger partial charge in [0.15, 0.2) is 0 Å². The van der Waals surface area contributed by atoms with Crippen LogP contribution in [-0.2, 0) is 9.53 Å². The topological polar surface area (TPSA) is 29.5 Å². The first-order chi connectivity index (χ1) is 11.6. The van der Waals surface area contributed by atoms with Gasteiger partial charge in [0, 0.05) is 18.1 Å². The van der Waals surface area contributed by atoms with E-state index in [9.17, 15) is 4.79 Å². The van der Waals surface area contributed by atoms with Gasteiger partial charge >= 0.3 is 5.97 Å². The maximum Gasteiger partial charge on any atom is 0.327 e. The zero-order valence-corrected chi connectivity index (χ0v) is 16.4. The molecule has 0 aliphatic carbocycles. The van der Waals surface area contributed by atoms with Crippen LogP contribution in [0, 0.1) is 0 Å². The van der Waals surface area contributed by atoms with E-state index in [0.29, 0.717) is 5.02 Å². The number of rotatable bonds is 5. The molecule has 1 aromatic carbocycles. The predicted octanol–water partition coefficient (Wildman–Crippen LogP) is 5.44. The zero-order chi connectivity index (χ0) is 18.1. The molecule has 3 nitrogen and oxygen atoms in total. The second-order valence-electron chi connectivity index (χ2n) is 5.16. The molecule has 0 fully saturated rings. The van der Waals surface area contributed by atoms with Crippen LogP contribution >= 0.6 is 23.4 Å². The molecule has 1 atom stereocenters. The van der Waals surface area contributed by atoms with E-state index >= 15 is 0 Å². The van der Waals surface area contributed by atoms with E-state index in [2.05, 4.69) is 18.4 Å². The predicted molar refractivity (Wildman–Crippen MR) is 104 cm³/mol. The summed E-state index contributed by atoms with van der Waals surface area (Å²) in [4.78, 5) is 15.8. The first kappa shape index (κ1) is 20.8. The minimum atomic E-state index is -0.469. The van der Waals surface area contributed by atoms with Crippen molar-refractivity contribution in [2.75, 3.05) is 20.2 Å². The molecule has 0 N–H and O–H groups in total. The number of halogens is 1. The molecule has 5 heteroatoms. The molecule has 2 rings (SSSR count). The highest BCUT2D eigenvalue weighted by atomic mass is 35.5. The van der Waals surface area contributed by atoms with Gasteiger partial charge in [-0.1, -0.05) is 50.2 Å². The Kier molecular flexibility index (Phi) is 9.19. The number of ether oxygens (including phenoxy) is 1. The summed E-state index contributed by atoms with van der Waals surface area (Å²) in [6, 6.07) is 6.97. The summed E-state index contributed by atoms with van der Waals surface area (Å²) in [6.45, 7) is 11.4.